The fourth-order valence-electron chi connectivity index (χ4n) is 2.38. The molecule has 2 aromatic rings. The van der Waals surface area contributed by atoms with Crippen molar-refractivity contribution in [1.82, 2.24) is 15.5 Å². The number of furan rings is 1. The SMILES string of the molecule is CCNC(=NCCNC(=O)c1ccco1)N(C)Cc1ccc(SC)cc1.I. The number of halogens is 1. The molecule has 1 aromatic carbocycles. The lowest BCUT2D eigenvalue weighted by Crippen LogP contribution is -2.39. The monoisotopic (exact) mass is 502 g/mol. The number of rotatable bonds is 8. The van der Waals surface area contributed by atoms with Gasteiger partial charge in [-0.15, -0.1) is 35.7 Å². The Labute approximate surface area is 182 Å². The Hall–Kier alpha value is -1.68. The van der Waals surface area contributed by atoms with Crippen molar-refractivity contribution in [2.75, 3.05) is 32.9 Å². The first-order chi connectivity index (χ1) is 12.6. The van der Waals surface area contributed by atoms with E-state index in [4.69, 9.17) is 4.42 Å². The minimum atomic E-state index is -0.225. The van der Waals surface area contributed by atoms with Crippen molar-refractivity contribution in [2.45, 2.75) is 18.4 Å². The van der Waals surface area contributed by atoms with Crippen LogP contribution < -0.4 is 10.6 Å². The van der Waals surface area contributed by atoms with Crippen LogP contribution in [-0.4, -0.2) is 49.7 Å². The van der Waals surface area contributed by atoms with E-state index in [2.05, 4.69) is 51.0 Å². The summed E-state index contributed by atoms with van der Waals surface area (Å²) in [5, 5.41) is 6.08. The molecule has 0 saturated carbocycles. The first-order valence-corrected chi connectivity index (χ1v) is 9.80. The Morgan fingerprint density at radius 1 is 1.22 bits per heavy atom. The third kappa shape index (κ3) is 7.84. The summed E-state index contributed by atoms with van der Waals surface area (Å²) in [5.41, 5.74) is 1.22. The van der Waals surface area contributed by atoms with Crippen LogP contribution in [0.2, 0.25) is 0 Å². The van der Waals surface area contributed by atoms with Crippen LogP contribution >= 0.6 is 35.7 Å². The van der Waals surface area contributed by atoms with Gasteiger partial charge in [0, 0.05) is 31.6 Å². The second kappa shape index (κ2) is 12.7. The normalized spacial score (nSPS) is 10.9. The van der Waals surface area contributed by atoms with Crippen molar-refractivity contribution in [2.24, 2.45) is 4.99 Å². The zero-order chi connectivity index (χ0) is 18.8. The fraction of sp³-hybridized carbons (Fsp3) is 0.368. The maximum absolute atomic E-state index is 11.8. The van der Waals surface area contributed by atoms with Crippen molar-refractivity contribution in [1.29, 1.82) is 0 Å². The Morgan fingerprint density at radius 2 is 1.96 bits per heavy atom. The number of hydrogen-bond donors (Lipinski definition) is 2. The second-order valence-corrected chi connectivity index (χ2v) is 6.55. The summed E-state index contributed by atoms with van der Waals surface area (Å²) in [6, 6.07) is 11.9. The van der Waals surface area contributed by atoms with Crippen LogP contribution in [-0.2, 0) is 6.54 Å². The quantitative estimate of drug-likeness (QED) is 0.190. The summed E-state index contributed by atoms with van der Waals surface area (Å²) < 4.78 is 5.06. The molecule has 0 unspecified atom stereocenters. The predicted octanol–water partition coefficient (Wildman–Crippen LogP) is 3.45. The number of carbonyl (C=O) groups is 1. The van der Waals surface area contributed by atoms with Gasteiger partial charge in [0.15, 0.2) is 11.7 Å². The van der Waals surface area contributed by atoms with Gasteiger partial charge in [0.25, 0.3) is 5.91 Å². The highest BCUT2D eigenvalue weighted by molar-refractivity contribution is 14.0. The molecule has 2 rings (SSSR count). The molecule has 27 heavy (non-hydrogen) atoms. The largest absolute Gasteiger partial charge is 0.459 e. The van der Waals surface area contributed by atoms with Gasteiger partial charge in [-0.3, -0.25) is 9.79 Å². The lowest BCUT2D eigenvalue weighted by atomic mass is 10.2. The molecule has 1 amide bonds. The molecule has 0 atom stereocenters. The van der Waals surface area contributed by atoms with Crippen LogP contribution in [0.4, 0.5) is 0 Å². The summed E-state index contributed by atoms with van der Waals surface area (Å²) in [6.45, 7) is 4.52. The maximum atomic E-state index is 11.8. The maximum Gasteiger partial charge on any atom is 0.287 e. The Balaban J connectivity index is 0.00000364. The van der Waals surface area contributed by atoms with Crippen molar-refractivity contribution in [3.05, 3.63) is 54.0 Å². The molecule has 0 aliphatic carbocycles. The molecular formula is C19H27IN4O2S. The van der Waals surface area contributed by atoms with E-state index in [-0.39, 0.29) is 29.9 Å². The van der Waals surface area contributed by atoms with Gasteiger partial charge in [0.05, 0.1) is 12.8 Å². The van der Waals surface area contributed by atoms with Gasteiger partial charge < -0.3 is 20.0 Å². The molecule has 0 aliphatic rings. The molecule has 0 bridgehead atoms. The van der Waals surface area contributed by atoms with E-state index in [1.165, 1.54) is 16.7 Å². The second-order valence-electron chi connectivity index (χ2n) is 5.67. The Morgan fingerprint density at radius 3 is 2.56 bits per heavy atom. The molecule has 6 nitrogen and oxygen atoms in total. The van der Waals surface area contributed by atoms with Gasteiger partial charge in [0.1, 0.15) is 0 Å². The lowest BCUT2D eigenvalue weighted by Gasteiger charge is -2.22. The molecule has 0 aliphatic heterocycles. The van der Waals surface area contributed by atoms with Crippen LogP contribution in [0.3, 0.4) is 0 Å². The molecule has 1 heterocycles. The summed E-state index contributed by atoms with van der Waals surface area (Å²) in [5.74, 6) is 0.901. The van der Waals surface area contributed by atoms with Crippen molar-refractivity contribution in [3.63, 3.8) is 0 Å². The van der Waals surface area contributed by atoms with E-state index < -0.39 is 0 Å². The minimum absolute atomic E-state index is 0. The molecule has 148 valence electrons. The first-order valence-electron chi connectivity index (χ1n) is 8.58. The summed E-state index contributed by atoms with van der Waals surface area (Å²) in [7, 11) is 2.01. The molecule has 8 heteroatoms. The third-order valence-corrected chi connectivity index (χ3v) is 4.42. The van der Waals surface area contributed by atoms with Gasteiger partial charge in [-0.05, 0) is 43.0 Å². The summed E-state index contributed by atoms with van der Waals surface area (Å²) in [4.78, 5) is 19.7. The average molecular weight is 502 g/mol. The standard InChI is InChI=1S/C19H26N4O2S.HI/c1-4-20-19(22-12-11-21-18(24)17-6-5-13-25-17)23(2)14-15-7-9-16(26-3)10-8-15;/h5-10,13H,4,11-12,14H2,1-3H3,(H,20,22)(H,21,24);1H. The van der Waals surface area contributed by atoms with E-state index in [1.54, 1.807) is 23.9 Å². The number of hydrogen-bond acceptors (Lipinski definition) is 4. The highest BCUT2D eigenvalue weighted by Crippen LogP contribution is 2.15. The highest BCUT2D eigenvalue weighted by Gasteiger charge is 2.08. The van der Waals surface area contributed by atoms with E-state index >= 15 is 0 Å². The van der Waals surface area contributed by atoms with Crippen LogP contribution in [0.25, 0.3) is 0 Å². The smallest absolute Gasteiger partial charge is 0.287 e. The van der Waals surface area contributed by atoms with Crippen molar-refractivity contribution >= 4 is 47.6 Å². The van der Waals surface area contributed by atoms with E-state index in [9.17, 15) is 4.79 Å². The molecule has 1 aromatic heterocycles. The number of nitrogens with one attached hydrogen (secondary N) is 2. The number of thioether (sulfide) groups is 1. The number of aliphatic imine (C=N–C) groups is 1. The lowest BCUT2D eigenvalue weighted by molar-refractivity contribution is 0.0927. The van der Waals surface area contributed by atoms with Crippen LogP contribution in [0.5, 0.6) is 0 Å². The van der Waals surface area contributed by atoms with Gasteiger partial charge in [-0.2, -0.15) is 0 Å². The number of guanidine groups is 1. The van der Waals surface area contributed by atoms with Gasteiger partial charge in [0.2, 0.25) is 0 Å². The average Bonchev–Trinajstić information content (AvgIpc) is 3.19. The molecule has 0 saturated heterocycles. The number of nitrogens with zero attached hydrogens (tertiary/aromatic N) is 2. The third-order valence-electron chi connectivity index (χ3n) is 3.68. The van der Waals surface area contributed by atoms with E-state index in [0.717, 1.165) is 19.0 Å². The summed E-state index contributed by atoms with van der Waals surface area (Å²) in [6.07, 6.45) is 3.55. The van der Waals surface area contributed by atoms with Crippen molar-refractivity contribution in [3.8, 4) is 0 Å². The zero-order valence-corrected chi connectivity index (χ0v) is 19.0. The fourth-order valence-corrected chi connectivity index (χ4v) is 2.78. The zero-order valence-electron chi connectivity index (χ0n) is 15.9. The minimum Gasteiger partial charge on any atom is -0.459 e. The van der Waals surface area contributed by atoms with Crippen LogP contribution in [0, 0.1) is 0 Å². The summed E-state index contributed by atoms with van der Waals surface area (Å²) >= 11 is 1.73. The van der Waals surface area contributed by atoms with Crippen LogP contribution in [0.1, 0.15) is 23.0 Å². The first kappa shape index (κ1) is 23.4. The highest BCUT2D eigenvalue weighted by atomic mass is 127. The molecular weight excluding hydrogens is 475 g/mol. The Kier molecular flexibility index (Phi) is 11.0. The number of amides is 1. The van der Waals surface area contributed by atoms with E-state index in [1.807, 2.05) is 14.0 Å². The predicted molar refractivity (Wildman–Crippen MR) is 122 cm³/mol. The van der Waals surface area contributed by atoms with Gasteiger partial charge >= 0.3 is 0 Å². The molecule has 0 spiro atoms. The molecule has 2 N–H and O–H groups in total. The van der Waals surface area contributed by atoms with Gasteiger partial charge in [-0.1, -0.05) is 12.1 Å². The molecule has 0 fully saturated rings. The van der Waals surface area contributed by atoms with Gasteiger partial charge in [-0.25, -0.2) is 0 Å². The van der Waals surface area contributed by atoms with Crippen molar-refractivity contribution < 1.29 is 9.21 Å². The number of benzene rings is 1. The number of carbonyl (C=O) groups excluding carboxylic acids is 1. The Bertz CT molecular complexity index is 705. The van der Waals surface area contributed by atoms with Crippen LogP contribution in [0.15, 0.2) is 57.0 Å². The molecule has 0 radical (unpaired) electrons. The topological polar surface area (TPSA) is 69.9 Å². The van der Waals surface area contributed by atoms with E-state index in [0.29, 0.717) is 18.8 Å².